The molecule has 4 saturated carbocycles. The molecule has 0 amide bonds. The Morgan fingerprint density at radius 1 is 0.425 bits per heavy atom. The molecule has 1 aliphatic heterocycles. The topological polar surface area (TPSA) is 29.3 Å². The highest BCUT2D eigenvalue weighted by Crippen LogP contribution is 2.70. The molecule has 12 unspecified atom stereocenters. The lowest BCUT2D eigenvalue weighted by Crippen LogP contribution is -2.81. The van der Waals surface area contributed by atoms with Crippen LogP contribution in [0.5, 0.6) is 0 Å². The number of hydrazine groups is 1. The summed E-state index contributed by atoms with van der Waals surface area (Å²) in [5.41, 5.74) is 0.0393. The summed E-state index contributed by atoms with van der Waals surface area (Å²) in [4.78, 5) is 0. The molecule has 1 saturated heterocycles. The maximum absolute atomic E-state index is 8.23. The minimum absolute atomic E-state index is 0.0197. The number of hydrogen-bond donors (Lipinski definition) is 1. The highest BCUT2D eigenvalue weighted by molar-refractivity contribution is 5.38. The van der Waals surface area contributed by atoms with Gasteiger partial charge in [0, 0.05) is 22.9 Å². The molecule has 0 radical (unpaired) electrons. The van der Waals surface area contributed by atoms with Gasteiger partial charge in [-0.05, 0) is 97.7 Å². The van der Waals surface area contributed by atoms with Crippen molar-refractivity contribution in [1.82, 2.24) is 5.01 Å². The Kier molecular flexibility index (Phi) is 5.45. The van der Waals surface area contributed by atoms with Gasteiger partial charge in [-0.3, -0.25) is 5.84 Å². The number of hydrogen-bond acceptors (Lipinski definition) is 2. The van der Waals surface area contributed by atoms with E-state index in [1.54, 1.807) is 0 Å². The second-order valence-corrected chi connectivity index (χ2v) is 14.8. The van der Waals surface area contributed by atoms with Gasteiger partial charge in [-0.25, -0.2) is 5.01 Å². The molecule has 2 heteroatoms. The molecule has 1 heterocycles. The van der Waals surface area contributed by atoms with Crippen LogP contribution in [0, 0.1) is 71.0 Å². The van der Waals surface area contributed by atoms with E-state index in [1.807, 2.05) is 0 Å². The lowest BCUT2D eigenvalue weighted by atomic mass is 9.43. The van der Waals surface area contributed by atoms with Crippen LogP contribution in [0.2, 0.25) is 0 Å². The standard InChI is InChI=1S/C38H46N2/c39-40-37(25-11-9-12-25)33-21-7-5-19-29(33)27-15-1-3-17-31(27)35(37)23-24-36-32-18-4-2-16-28(32)30-20-6-8-22-34(30)38(36,40)26-13-10-14-26/h1-8,15-22,25-36H,9-14,23-24,39H2. The van der Waals surface area contributed by atoms with Crippen molar-refractivity contribution in [3.8, 4) is 0 Å². The SMILES string of the molecule is NN1C2(C3CCC3)C3C=CC=CC3C3C=CC=CC3C2CCC2C3C=CC=CC3C3C=CC=CC3C21C1CCC1. The lowest BCUT2D eigenvalue weighted by molar-refractivity contribution is -0.225. The van der Waals surface area contributed by atoms with Crippen molar-refractivity contribution in [2.45, 2.75) is 62.4 Å². The lowest BCUT2D eigenvalue weighted by Gasteiger charge is -2.72. The van der Waals surface area contributed by atoms with Crippen LogP contribution in [0.3, 0.4) is 0 Å². The molecule has 9 aliphatic rings. The molecule has 12 atom stereocenters. The zero-order valence-electron chi connectivity index (χ0n) is 23.8. The number of allylic oxidation sites excluding steroid dienone is 14. The molecule has 2 nitrogen and oxygen atoms in total. The van der Waals surface area contributed by atoms with Gasteiger partial charge >= 0.3 is 0 Å². The van der Waals surface area contributed by atoms with Gasteiger partial charge in [0.25, 0.3) is 0 Å². The van der Waals surface area contributed by atoms with Gasteiger partial charge < -0.3 is 0 Å². The van der Waals surface area contributed by atoms with Gasteiger partial charge in [0.15, 0.2) is 0 Å². The van der Waals surface area contributed by atoms with Crippen molar-refractivity contribution >= 4 is 0 Å². The fourth-order valence-electron chi connectivity index (χ4n) is 12.4. The third-order valence-electron chi connectivity index (χ3n) is 14.0. The molecule has 8 aliphatic carbocycles. The Labute approximate surface area is 241 Å². The summed E-state index contributed by atoms with van der Waals surface area (Å²) in [6.45, 7) is 0. The Bertz CT molecular complexity index is 1190. The van der Waals surface area contributed by atoms with Crippen molar-refractivity contribution in [3.05, 3.63) is 97.2 Å². The molecule has 0 aromatic heterocycles. The predicted molar refractivity (Wildman–Crippen MR) is 163 cm³/mol. The summed E-state index contributed by atoms with van der Waals surface area (Å²) in [5, 5.41) is 2.77. The highest BCUT2D eigenvalue weighted by atomic mass is 15.5. The van der Waals surface area contributed by atoms with E-state index in [2.05, 4.69) is 102 Å². The van der Waals surface area contributed by atoms with Crippen LogP contribution in [0.1, 0.15) is 51.4 Å². The van der Waals surface area contributed by atoms with Crippen molar-refractivity contribution in [2.75, 3.05) is 0 Å². The van der Waals surface area contributed by atoms with Gasteiger partial charge in [0.2, 0.25) is 0 Å². The Morgan fingerprint density at radius 2 is 0.775 bits per heavy atom. The van der Waals surface area contributed by atoms with Gasteiger partial charge in [0.05, 0.1) is 0 Å². The molecule has 9 rings (SSSR count). The zero-order valence-corrected chi connectivity index (χ0v) is 23.8. The van der Waals surface area contributed by atoms with Gasteiger partial charge in [-0.1, -0.05) is 110 Å². The maximum atomic E-state index is 8.23. The minimum atomic E-state index is 0.0197. The van der Waals surface area contributed by atoms with Crippen LogP contribution < -0.4 is 5.84 Å². The fourth-order valence-corrected chi connectivity index (χ4v) is 12.4. The third-order valence-corrected chi connectivity index (χ3v) is 14.0. The van der Waals surface area contributed by atoms with E-state index < -0.39 is 0 Å². The smallest absolute Gasteiger partial charge is 0.0488 e. The van der Waals surface area contributed by atoms with E-state index in [9.17, 15) is 0 Å². The molecule has 0 bridgehead atoms. The summed E-state index contributed by atoms with van der Waals surface area (Å²) in [5.74, 6) is 15.3. The Hall–Kier alpha value is -2.16. The zero-order chi connectivity index (χ0) is 26.5. The van der Waals surface area contributed by atoms with Crippen LogP contribution in [0.15, 0.2) is 97.2 Å². The minimum Gasteiger partial charge on any atom is -0.268 e. The first-order valence-corrected chi connectivity index (χ1v) is 16.7. The molecule has 5 fully saturated rings. The van der Waals surface area contributed by atoms with Gasteiger partial charge in [0.1, 0.15) is 0 Å². The van der Waals surface area contributed by atoms with E-state index in [0.717, 1.165) is 0 Å². The average Bonchev–Trinajstić information content (AvgIpc) is 3.06. The van der Waals surface area contributed by atoms with Crippen LogP contribution in [0.4, 0.5) is 0 Å². The van der Waals surface area contributed by atoms with Gasteiger partial charge in [-0.15, -0.1) is 0 Å². The molecule has 208 valence electrons. The van der Waals surface area contributed by atoms with Crippen molar-refractivity contribution in [2.24, 2.45) is 76.9 Å². The van der Waals surface area contributed by atoms with Crippen molar-refractivity contribution in [3.63, 3.8) is 0 Å². The predicted octanol–water partition coefficient (Wildman–Crippen LogP) is 7.73. The van der Waals surface area contributed by atoms with Crippen LogP contribution in [-0.4, -0.2) is 16.1 Å². The molecule has 0 spiro atoms. The number of rotatable bonds is 2. The van der Waals surface area contributed by atoms with Gasteiger partial charge in [-0.2, -0.15) is 0 Å². The summed E-state index contributed by atoms with van der Waals surface area (Å²) < 4.78 is 0. The Balaban J connectivity index is 1.31. The molecule has 0 aromatic rings. The monoisotopic (exact) mass is 530 g/mol. The number of nitrogens with zero attached hydrogens (tertiary/aromatic N) is 1. The first-order valence-electron chi connectivity index (χ1n) is 16.7. The normalized spacial score (nSPS) is 51.9. The number of fused-ring (bicyclic) bond motifs is 12. The first-order chi connectivity index (χ1) is 19.8. The van der Waals surface area contributed by atoms with E-state index in [1.165, 1.54) is 51.4 Å². The number of nitrogens with two attached hydrogens (primary N) is 1. The molecule has 40 heavy (non-hydrogen) atoms. The van der Waals surface area contributed by atoms with E-state index in [4.69, 9.17) is 5.84 Å². The molecular formula is C38H46N2. The van der Waals surface area contributed by atoms with Crippen molar-refractivity contribution < 1.29 is 0 Å². The summed E-state index contributed by atoms with van der Waals surface area (Å²) in [7, 11) is 0. The van der Waals surface area contributed by atoms with E-state index >= 15 is 0 Å². The average molecular weight is 531 g/mol. The fraction of sp³-hybridized carbons (Fsp3) is 0.579. The molecule has 0 aromatic carbocycles. The highest BCUT2D eigenvalue weighted by Gasteiger charge is 2.73. The quantitative estimate of drug-likeness (QED) is 0.370. The summed E-state index contributed by atoms with van der Waals surface area (Å²) >= 11 is 0. The van der Waals surface area contributed by atoms with E-state index in [0.29, 0.717) is 71.0 Å². The van der Waals surface area contributed by atoms with Crippen LogP contribution in [-0.2, 0) is 0 Å². The first kappa shape index (κ1) is 24.4. The summed E-state index contributed by atoms with van der Waals surface area (Å²) in [6.07, 6.45) is 50.4. The molecule has 2 N–H and O–H groups in total. The molecular weight excluding hydrogens is 484 g/mol. The Morgan fingerprint density at radius 3 is 1.15 bits per heavy atom. The third kappa shape index (κ3) is 2.88. The maximum Gasteiger partial charge on any atom is 0.0488 e. The second kappa shape index (κ2) is 8.92. The van der Waals surface area contributed by atoms with E-state index in [-0.39, 0.29) is 11.1 Å². The summed E-state index contributed by atoms with van der Waals surface area (Å²) in [6, 6.07) is 0. The largest absolute Gasteiger partial charge is 0.268 e. The van der Waals surface area contributed by atoms with Crippen LogP contribution in [0.25, 0.3) is 0 Å². The van der Waals surface area contributed by atoms with Crippen molar-refractivity contribution in [1.29, 1.82) is 0 Å². The second-order valence-electron chi connectivity index (χ2n) is 14.8. The van der Waals surface area contributed by atoms with Crippen LogP contribution >= 0.6 is 0 Å².